The van der Waals surface area contributed by atoms with Crippen molar-refractivity contribution in [3.05, 3.63) is 12.2 Å². The zero-order valence-corrected chi connectivity index (χ0v) is 39.2. The van der Waals surface area contributed by atoms with Crippen molar-refractivity contribution in [2.24, 2.45) is 0 Å². The lowest BCUT2D eigenvalue weighted by Crippen LogP contribution is -2.26. The largest absolute Gasteiger partial charge is 0.379 e. The number of ether oxygens (including phenoxy) is 3. The van der Waals surface area contributed by atoms with Gasteiger partial charge >= 0.3 is 0 Å². The van der Waals surface area contributed by atoms with Crippen LogP contribution in [0.15, 0.2) is 12.2 Å². The van der Waals surface area contributed by atoms with E-state index in [1.54, 1.807) is 0 Å². The van der Waals surface area contributed by atoms with Gasteiger partial charge in [0.1, 0.15) is 6.10 Å². The highest BCUT2D eigenvalue weighted by molar-refractivity contribution is 4.81. The summed E-state index contributed by atoms with van der Waals surface area (Å²) >= 11 is 0. The molecule has 0 aliphatic carbocycles. The summed E-state index contributed by atoms with van der Waals surface area (Å²) in [5.41, 5.74) is 0. The Morgan fingerprint density at radius 1 is 0.268 bits per heavy atom. The van der Waals surface area contributed by atoms with Gasteiger partial charge < -0.3 is 14.2 Å². The zero-order valence-electron chi connectivity index (χ0n) is 39.2. The van der Waals surface area contributed by atoms with Gasteiger partial charge in [-0.15, -0.1) is 0 Å². The van der Waals surface area contributed by atoms with Gasteiger partial charge in [-0.1, -0.05) is 258 Å². The lowest BCUT2D eigenvalue weighted by molar-refractivity contribution is -0.0616. The van der Waals surface area contributed by atoms with E-state index in [2.05, 4.69) is 32.9 Å². The molecule has 0 fully saturated rings. The number of hydrogen-bond donors (Lipinski definition) is 0. The van der Waals surface area contributed by atoms with Gasteiger partial charge in [-0.25, -0.2) is 0 Å². The third kappa shape index (κ3) is 49.8. The highest BCUT2D eigenvalue weighted by atomic mass is 16.6. The van der Waals surface area contributed by atoms with E-state index in [1.165, 1.54) is 263 Å². The van der Waals surface area contributed by atoms with Crippen LogP contribution < -0.4 is 0 Å². The number of rotatable bonds is 51. The van der Waals surface area contributed by atoms with Gasteiger partial charge in [0.25, 0.3) is 0 Å². The van der Waals surface area contributed by atoms with Crippen LogP contribution in [0, 0.1) is 0 Å². The van der Waals surface area contributed by atoms with Gasteiger partial charge in [0.15, 0.2) is 0 Å². The summed E-state index contributed by atoms with van der Waals surface area (Å²) in [5.74, 6) is 0. The number of hydrogen-bond acceptors (Lipinski definition) is 3. The van der Waals surface area contributed by atoms with Crippen molar-refractivity contribution < 1.29 is 14.2 Å². The summed E-state index contributed by atoms with van der Waals surface area (Å²) in [5, 5.41) is 0. The standard InChI is InChI=1S/C53H106O3/c1-4-7-10-13-16-19-22-25-28-29-32-35-38-41-44-47-50-56-53(51-54-48-45-42-39-36-33-30-26-23-20-17-14-11-8-5-2)52-55-49-46-43-40-37-34-31-27-24-21-18-15-12-9-6-3/h25,28,53H,4-24,26-27,29-52H2,1-3H3. The highest BCUT2D eigenvalue weighted by Crippen LogP contribution is 2.15. The normalized spacial score (nSPS) is 11.9. The minimum Gasteiger partial charge on any atom is -0.379 e. The van der Waals surface area contributed by atoms with E-state index in [0.717, 1.165) is 26.2 Å². The highest BCUT2D eigenvalue weighted by Gasteiger charge is 2.10. The summed E-state index contributed by atoms with van der Waals surface area (Å²) in [6.07, 6.45) is 62.8. The third-order valence-electron chi connectivity index (χ3n) is 11.9. The van der Waals surface area contributed by atoms with Crippen molar-refractivity contribution in [2.45, 2.75) is 297 Å². The number of unbranched alkanes of at least 4 members (excludes halogenated alkanes) is 38. The second-order valence-corrected chi connectivity index (χ2v) is 17.8. The fourth-order valence-electron chi connectivity index (χ4n) is 7.97. The van der Waals surface area contributed by atoms with Gasteiger partial charge in [0.2, 0.25) is 0 Å². The van der Waals surface area contributed by atoms with E-state index in [9.17, 15) is 0 Å². The van der Waals surface area contributed by atoms with E-state index >= 15 is 0 Å². The molecule has 0 aliphatic rings. The molecule has 0 spiro atoms. The molecule has 3 heteroatoms. The Morgan fingerprint density at radius 3 is 0.786 bits per heavy atom. The average molecular weight is 791 g/mol. The molecule has 56 heavy (non-hydrogen) atoms. The van der Waals surface area contributed by atoms with Crippen LogP contribution >= 0.6 is 0 Å². The maximum atomic E-state index is 6.35. The first-order valence-electron chi connectivity index (χ1n) is 26.3. The fraction of sp³-hybridized carbons (Fsp3) is 0.962. The molecular formula is C53H106O3. The quantitative estimate of drug-likeness (QED) is 0.0454. The summed E-state index contributed by atoms with van der Waals surface area (Å²) in [6.45, 7) is 10.8. The Labute approximate surface area is 354 Å². The van der Waals surface area contributed by atoms with Crippen molar-refractivity contribution in [2.75, 3.05) is 33.0 Å². The molecule has 0 rings (SSSR count). The monoisotopic (exact) mass is 791 g/mol. The van der Waals surface area contributed by atoms with E-state index in [1.807, 2.05) is 0 Å². The molecule has 0 radical (unpaired) electrons. The Hall–Kier alpha value is -0.380. The fourth-order valence-corrected chi connectivity index (χ4v) is 7.97. The molecule has 0 aliphatic heterocycles. The van der Waals surface area contributed by atoms with Crippen LogP contribution in [-0.4, -0.2) is 39.1 Å². The molecule has 0 aromatic heterocycles. The summed E-state index contributed by atoms with van der Waals surface area (Å²) in [6, 6.07) is 0. The molecule has 0 aromatic rings. The van der Waals surface area contributed by atoms with E-state index < -0.39 is 0 Å². The molecule has 0 atom stereocenters. The molecule has 0 amide bonds. The second kappa shape index (κ2) is 52.6. The molecule has 0 N–H and O–H groups in total. The Morgan fingerprint density at radius 2 is 0.500 bits per heavy atom. The van der Waals surface area contributed by atoms with Crippen LogP contribution in [-0.2, 0) is 14.2 Å². The van der Waals surface area contributed by atoms with Crippen molar-refractivity contribution in [3.63, 3.8) is 0 Å². The average Bonchev–Trinajstić information content (AvgIpc) is 3.21. The summed E-state index contributed by atoms with van der Waals surface area (Å²) in [4.78, 5) is 0. The van der Waals surface area contributed by atoms with Crippen molar-refractivity contribution in [1.82, 2.24) is 0 Å². The molecule has 0 aromatic carbocycles. The summed E-state index contributed by atoms with van der Waals surface area (Å²) in [7, 11) is 0. The first-order chi connectivity index (χ1) is 27.8. The van der Waals surface area contributed by atoms with Crippen LogP contribution in [0.5, 0.6) is 0 Å². The minimum absolute atomic E-state index is 0.0800. The SMILES string of the molecule is CCCCCCCCC=CCCCCCCCCOC(COCCCCCCCCCCCCCCCC)COCCCCCCCCCCCCCCCC. The maximum absolute atomic E-state index is 6.35. The predicted octanol–water partition coefficient (Wildman–Crippen LogP) is 18.4. The van der Waals surface area contributed by atoms with Crippen molar-refractivity contribution in [1.29, 1.82) is 0 Å². The Bertz CT molecular complexity index is 656. The first-order valence-corrected chi connectivity index (χ1v) is 26.3. The van der Waals surface area contributed by atoms with Gasteiger partial charge in [0, 0.05) is 19.8 Å². The molecule has 0 unspecified atom stereocenters. The molecule has 0 bridgehead atoms. The second-order valence-electron chi connectivity index (χ2n) is 17.8. The molecule has 0 heterocycles. The van der Waals surface area contributed by atoms with Crippen LogP contribution in [0.1, 0.15) is 290 Å². The van der Waals surface area contributed by atoms with E-state index in [4.69, 9.17) is 14.2 Å². The predicted molar refractivity (Wildman–Crippen MR) is 251 cm³/mol. The minimum atomic E-state index is 0.0800. The van der Waals surface area contributed by atoms with Crippen LogP contribution in [0.25, 0.3) is 0 Å². The first kappa shape index (κ1) is 55.6. The van der Waals surface area contributed by atoms with E-state index in [-0.39, 0.29) is 6.10 Å². The third-order valence-corrected chi connectivity index (χ3v) is 11.9. The maximum Gasteiger partial charge on any atom is 0.104 e. The topological polar surface area (TPSA) is 27.7 Å². The molecular weight excluding hydrogens is 685 g/mol. The smallest absolute Gasteiger partial charge is 0.104 e. The molecule has 0 saturated heterocycles. The molecule has 3 nitrogen and oxygen atoms in total. The van der Waals surface area contributed by atoms with Gasteiger partial charge in [-0.2, -0.15) is 0 Å². The van der Waals surface area contributed by atoms with Gasteiger partial charge in [-0.3, -0.25) is 0 Å². The summed E-state index contributed by atoms with van der Waals surface area (Å²) < 4.78 is 18.7. The zero-order chi connectivity index (χ0) is 40.3. The van der Waals surface area contributed by atoms with Gasteiger partial charge in [-0.05, 0) is 44.9 Å². The van der Waals surface area contributed by atoms with Crippen LogP contribution in [0.4, 0.5) is 0 Å². The van der Waals surface area contributed by atoms with Crippen LogP contribution in [0.2, 0.25) is 0 Å². The number of allylic oxidation sites excluding steroid dienone is 2. The lowest BCUT2D eigenvalue weighted by Gasteiger charge is -2.18. The lowest BCUT2D eigenvalue weighted by atomic mass is 10.0. The Balaban J connectivity index is 3.98. The Kier molecular flexibility index (Phi) is 52.3. The molecule has 0 saturated carbocycles. The van der Waals surface area contributed by atoms with Crippen LogP contribution in [0.3, 0.4) is 0 Å². The van der Waals surface area contributed by atoms with Crippen molar-refractivity contribution in [3.8, 4) is 0 Å². The van der Waals surface area contributed by atoms with Crippen molar-refractivity contribution >= 4 is 0 Å². The van der Waals surface area contributed by atoms with Gasteiger partial charge in [0.05, 0.1) is 13.2 Å². The molecule has 336 valence electrons. The van der Waals surface area contributed by atoms with E-state index in [0.29, 0.717) is 13.2 Å².